The lowest BCUT2D eigenvalue weighted by molar-refractivity contribution is 0.0955. The number of hydrogen-bond acceptors (Lipinski definition) is 4. The lowest BCUT2D eigenvalue weighted by atomic mass is 10.2. The second kappa shape index (κ2) is 7.03. The SMILES string of the molecule is CC(=NNC(=O)c1ccc(-n2c(C)ccc2C)cc1)c1scnc1C. The molecule has 0 saturated heterocycles. The number of rotatable bonds is 4. The number of aromatic nitrogens is 2. The Bertz CT molecular complexity index is 915. The summed E-state index contributed by atoms with van der Waals surface area (Å²) in [5, 5.41) is 4.19. The van der Waals surface area contributed by atoms with Crippen molar-refractivity contribution in [2.24, 2.45) is 5.10 Å². The summed E-state index contributed by atoms with van der Waals surface area (Å²) in [7, 11) is 0. The van der Waals surface area contributed by atoms with Crippen LogP contribution in [-0.2, 0) is 0 Å². The second-order valence-electron chi connectivity index (χ2n) is 5.90. The molecule has 25 heavy (non-hydrogen) atoms. The minimum atomic E-state index is -0.228. The van der Waals surface area contributed by atoms with Crippen molar-refractivity contribution in [2.45, 2.75) is 27.7 Å². The molecule has 0 unspecified atom stereocenters. The molecule has 2 heterocycles. The Morgan fingerprint density at radius 3 is 2.28 bits per heavy atom. The minimum absolute atomic E-state index is 0.228. The van der Waals surface area contributed by atoms with Crippen LogP contribution in [-0.4, -0.2) is 21.2 Å². The first-order valence-electron chi connectivity index (χ1n) is 7.98. The topological polar surface area (TPSA) is 59.3 Å². The van der Waals surface area contributed by atoms with Gasteiger partial charge in [0.2, 0.25) is 0 Å². The van der Waals surface area contributed by atoms with Crippen LogP contribution in [0.5, 0.6) is 0 Å². The number of benzene rings is 1. The molecule has 0 fully saturated rings. The molecule has 0 aliphatic heterocycles. The summed E-state index contributed by atoms with van der Waals surface area (Å²) < 4.78 is 2.15. The fourth-order valence-electron chi connectivity index (χ4n) is 2.74. The molecule has 3 aromatic rings. The molecule has 6 heteroatoms. The van der Waals surface area contributed by atoms with Gasteiger partial charge in [0.15, 0.2) is 0 Å². The van der Waals surface area contributed by atoms with Crippen LogP contribution in [0.3, 0.4) is 0 Å². The van der Waals surface area contributed by atoms with E-state index in [1.54, 1.807) is 5.51 Å². The largest absolute Gasteiger partial charge is 0.319 e. The number of hydrazone groups is 1. The molecule has 128 valence electrons. The number of hydrogen-bond donors (Lipinski definition) is 1. The van der Waals surface area contributed by atoms with Crippen molar-refractivity contribution in [2.75, 3.05) is 0 Å². The van der Waals surface area contributed by atoms with E-state index in [1.165, 1.54) is 11.3 Å². The Morgan fingerprint density at radius 2 is 1.72 bits per heavy atom. The normalized spacial score (nSPS) is 11.6. The van der Waals surface area contributed by atoms with Crippen molar-refractivity contribution in [3.8, 4) is 5.69 Å². The van der Waals surface area contributed by atoms with E-state index in [1.807, 2.05) is 38.1 Å². The van der Waals surface area contributed by atoms with E-state index in [0.29, 0.717) is 5.56 Å². The van der Waals surface area contributed by atoms with Gasteiger partial charge >= 0.3 is 0 Å². The van der Waals surface area contributed by atoms with Crippen LogP contribution in [0.1, 0.15) is 39.2 Å². The molecular formula is C19H20N4OS. The highest BCUT2D eigenvalue weighted by Gasteiger charge is 2.09. The molecule has 0 radical (unpaired) electrons. The Balaban J connectivity index is 1.74. The highest BCUT2D eigenvalue weighted by molar-refractivity contribution is 7.12. The van der Waals surface area contributed by atoms with E-state index in [9.17, 15) is 4.79 Å². The van der Waals surface area contributed by atoms with Crippen molar-refractivity contribution >= 4 is 23.0 Å². The van der Waals surface area contributed by atoms with Crippen molar-refractivity contribution in [1.29, 1.82) is 0 Å². The molecule has 3 rings (SSSR count). The van der Waals surface area contributed by atoms with E-state index >= 15 is 0 Å². The molecule has 1 amide bonds. The highest BCUT2D eigenvalue weighted by Crippen LogP contribution is 2.17. The third-order valence-electron chi connectivity index (χ3n) is 4.06. The zero-order valence-electron chi connectivity index (χ0n) is 14.7. The van der Waals surface area contributed by atoms with Crippen LogP contribution in [0.4, 0.5) is 0 Å². The number of carbonyl (C=O) groups is 1. The van der Waals surface area contributed by atoms with Gasteiger partial charge in [-0.3, -0.25) is 4.79 Å². The molecular weight excluding hydrogens is 332 g/mol. The third kappa shape index (κ3) is 3.53. The van der Waals surface area contributed by atoms with Crippen LogP contribution >= 0.6 is 11.3 Å². The highest BCUT2D eigenvalue weighted by atomic mass is 32.1. The van der Waals surface area contributed by atoms with E-state index in [4.69, 9.17) is 0 Å². The van der Waals surface area contributed by atoms with Gasteiger partial charge in [0, 0.05) is 22.6 Å². The molecule has 1 N–H and O–H groups in total. The van der Waals surface area contributed by atoms with Crippen molar-refractivity contribution in [3.63, 3.8) is 0 Å². The zero-order chi connectivity index (χ0) is 18.0. The van der Waals surface area contributed by atoms with Gasteiger partial charge in [-0.1, -0.05) is 0 Å². The monoisotopic (exact) mass is 352 g/mol. The van der Waals surface area contributed by atoms with Gasteiger partial charge in [-0.15, -0.1) is 11.3 Å². The van der Waals surface area contributed by atoms with Crippen molar-refractivity contribution in [3.05, 3.63) is 69.4 Å². The fourth-order valence-corrected chi connectivity index (χ4v) is 3.49. The van der Waals surface area contributed by atoms with Gasteiger partial charge in [0.05, 0.1) is 21.8 Å². The number of nitrogens with one attached hydrogen (secondary N) is 1. The number of thiazole rings is 1. The summed E-state index contributed by atoms with van der Waals surface area (Å²) in [5.74, 6) is -0.228. The fraction of sp³-hybridized carbons (Fsp3) is 0.211. The number of nitrogens with zero attached hydrogens (tertiary/aromatic N) is 3. The van der Waals surface area contributed by atoms with Gasteiger partial charge in [-0.2, -0.15) is 5.10 Å². The van der Waals surface area contributed by atoms with Crippen LogP contribution in [0.2, 0.25) is 0 Å². The second-order valence-corrected chi connectivity index (χ2v) is 6.76. The first-order valence-corrected chi connectivity index (χ1v) is 8.86. The van der Waals surface area contributed by atoms with Gasteiger partial charge in [0.25, 0.3) is 5.91 Å². The molecule has 0 saturated carbocycles. The molecule has 2 aromatic heterocycles. The minimum Gasteiger partial charge on any atom is -0.319 e. The Hall–Kier alpha value is -2.73. The smallest absolute Gasteiger partial charge is 0.271 e. The zero-order valence-corrected chi connectivity index (χ0v) is 15.5. The van der Waals surface area contributed by atoms with Gasteiger partial charge in [0.1, 0.15) is 0 Å². The van der Waals surface area contributed by atoms with Crippen LogP contribution in [0.15, 0.2) is 47.0 Å². The molecule has 1 aromatic carbocycles. The number of carbonyl (C=O) groups excluding carboxylic acids is 1. The van der Waals surface area contributed by atoms with Gasteiger partial charge in [-0.05, 0) is 64.1 Å². The van der Waals surface area contributed by atoms with E-state index in [0.717, 1.165) is 33.4 Å². The molecule has 0 aliphatic carbocycles. The first kappa shape index (κ1) is 17.1. The molecule has 0 aliphatic rings. The van der Waals surface area contributed by atoms with Gasteiger partial charge in [-0.25, -0.2) is 10.4 Å². The van der Waals surface area contributed by atoms with E-state index in [-0.39, 0.29) is 5.91 Å². The standard InChI is InChI=1S/C19H20N4OS/c1-12-5-6-13(2)23(12)17-9-7-16(8-10-17)19(24)22-21-15(4)18-14(3)20-11-25-18/h5-11H,1-4H3,(H,22,24). The molecule has 0 atom stereocenters. The van der Waals surface area contributed by atoms with Crippen LogP contribution < -0.4 is 5.43 Å². The quantitative estimate of drug-likeness (QED) is 0.570. The van der Waals surface area contributed by atoms with E-state index in [2.05, 4.69) is 46.1 Å². The maximum Gasteiger partial charge on any atom is 0.271 e. The summed E-state index contributed by atoms with van der Waals surface area (Å²) in [4.78, 5) is 17.5. The number of amides is 1. The molecule has 0 spiro atoms. The first-order chi connectivity index (χ1) is 12.0. The summed E-state index contributed by atoms with van der Waals surface area (Å²) in [6.45, 7) is 7.91. The third-order valence-corrected chi connectivity index (χ3v) is 5.10. The Kier molecular flexibility index (Phi) is 4.81. The molecule has 0 bridgehead atoms. The maximum absolute atomic E-state index is 12.3. The molecule has 5 nitrogen and oxygen atoms in total. The van der Waals surface area contributed by atoms with E-state index < -0.39 is 0 Å². The Labute approximate surface area is 151 Å². The maximum atomic E-state index is 12.3. The average molecular weight is 352 g/mol. The summed E-state index contributed by atoms with van der Waals surface area (Å²) in [6.07, 6.45) is 0. The van der Waals surface area contributed by atoms with Crippen LogP contribution in [0.25, 0.3) is 5.69 Å². The predicted octanol–water partition coefficient (Wildman–Crippen LogP) is 4.01. The van der Waals surface area contributed by atoms with Crippen molar-refractivity contribution < 1.29 is 4.79 Å². The predicted molar refractivity (Wildman–Crippen MR) is 102 cm³/mol. The average Bonchev–Trinajstić information content (AvgIpc) is 3.18. The van der Waals surface area contributed by atoms with Crippen molar-refractivity contribution in [1.82, 2.24) is 15.0 Å². The summed E-state index contributed by atoms with van der Waals surface area (Å²) >= 11 is 1.51. The summed E-state index contributed by atoms with van der Waals surface area (Å²) in [6, 6.07) is 11.7. The van der Waals surface area contributed by atoms with Crippen LogP contribution in [0, 0.1) is 20.8 Å². The number of aryl methyl sites for hydroxylation is 3. The summed E-state index contributed by atoms with van der Waals surface area (Å²) in [5.41, 5.74) is 9.99. The Morgan fingerprint density at radius 1 is 1.08 bits per heavy atom. The lowest BCUT2D eigenvalue weighted by Gasteiger charge is -2.10. The lowest BCUT2D eigenvalue weighted by Crippen LogP contribution is -2.19. The van der Waals surface area contributed by atoms with Gasteiger partial charge < -0.3 is 4.57 Å².